The van der Waals surface area contributed by atoms with Gasteiger partial charge in [-0.1, -0.05) is 0 Å². The molecule has 0 spiro atoms. The van der Waals surface area contributed by atoms with E-state index < -0.39 is 11.6 Å². The van der Waals surface area contributed by atoms with Gasteiger partial charge in [0.25, 0.3) is 0 Å². The summed E-state index contributed by atoms with van der Waals surface area (Å²) in [5.41, 5.74) is -0.620. The molecule has 1 aromatic heterocycles. The first kappa shape index (κ1) is 9.67. The monoisotopic (exact) mass is 181 g/mol. The van der Waals surface area contributed by atoms with Gasteiger partial charge in [-0.3, -0.25) is 4.98 Å². The molecule has 0 aliphatic rings. The summed E-state index contributed by atoms with van der Waals surface area (Å²) in [4.78, 5) is 14.5. The Labute approximate surface area is 75.9 Å². The van der Waals surface area contributed by atoms with Gasteiger partial charge in [-0.05, 0) is 26.0 Å². The van der Waals surface area contributed by atoms with E-state index >= 15 is 0 Å². The van der Waals surface area contributed by atoms with Crippen molar-refractivity contribution in [1.82, 2.24) is 4.98 Å². The number of hydrogen-bond acceptors (Lipinski definition) is 3. The van der Waals surface area contributed by atoms with Crippen molar-refractivity contribution >= 4 is 5.97 Å². The van der Waals surface area contributed by atoms with Crippen molar-refractivity contribution < 1.29 is 15.0 Å². The van der Waals surface area contributed by atoms with Crippen LogP contribution in [0.3, 0.4) is 0 Å². The Morgan fingerprint density at radius 2 is 2.15 bits per heavy atom. The van der Waals surface area contributed by atoms with Crippen LogP contribution in [0.15, 0.2) is 18.3 Å². The zero-order chi connectivity index (χ0) is 10.1. The number of carboxylic acid groups (broad SMARTS) is 1. The van der Waals surface area contributed by atoms with Crippen molar-refractivity contribution in [2.24, 2.45) is 0 Å². The van der Waals surface area contributed by atoms with Gasteiger partial charge in [-0.25, -0.2) is 4.79 Å². The molecule has 13 heavy (non-hydrogen) atoms. The summed E-state index contributed by atoms with van der Waals surface area (Å²) in [5, 5.41) is 18.2. The Balaban J connectivity index is 3.13. The maximum Gasteiger partial charge on any atom is 0.335 e. The van der Waals surface area contributed by atoms with Gasteiger partial charge in [0, 0.05) is 6.20 Å². The van der Waals surface area contributed by atoms with Crippen LogP contribution in [0, 0.1) is 0 Å². The third kappa shape index (κ3) is 2.26. The molecule has 1 aromatic rings. The normalized spacial score (nSPS) is 11.3. The molecule has 4 nitrogen and oxygen atoms in total. The molecular weight excluding hydrogens is 170 g/mol. The second kappa shape index (κ2) is 3.14. The Hall–Kier alpha value is -1.42. The van der Waals surface area contributed by atoms with E-state index in [0.717, 1.165) is 0 Å². The predicted molar refractivity (Wildman–Crippen MR) is 46.4 cm³/mol. The molecule has 0 bridgehead atoms. The summed E-state index contributed by atoms with van der Waals surface area (Å²) in [6.07, 6.45) is 1.37. The summed E-state index contributed by atoms with van der Waals surface area (Å²) in [5.74, 6) is -1.02. The molecule has 0 aliphatic carbocycles. The Morgan fingerprint density at radius 1 is 1.54 bits per heavy atom. The number of nitrogens with zero attached hydrogens (tertiary/aromatic N) is 1. The van der Waals surface area contributed by atoms with Crippen LogP contribution in [0.4, 0.5) is 0 Å². The number of aromatic nitrogens is 1. The average Bonchev–Trinajstić information content (AvgIpc) is 2.03. The Morgan fingerprint density at radius 3 is 2.62 bits per heavy atom. The van der Waals surface area contributed by atoms with Crippen molar-refractivity contribution in [2.45, 2.75) is 19.4 Å². The van der Waals surface area contributed by atoms with Gasteiger partial charge in [0.1, 0.15) is 5.60 Å². The number of carboxylic acids is 1. The molecule has 0 radical (unpaired) electrons. The van der Waals surface area contributed by atoms with E-state index in [-0.39, 0.29) is 5.56 Å². The van der Waals surface area contributed by atoms with Crippen molar-refractivity contribution in [3.63, 3.8) is 0 Å². The Bertz CT molecular complexity index is 328. The van der Waals surface area contributed by atoms with Gasteiger partial charge < -0.3 is 10.2 Å². The molecule has 1 heterocycles. The van der Waals surface area contributed by atoms with Crippen LogP contribution in [-0.4, -0.2) is 21.2 Å². The summed E-state index contributed by atoms with van der Waals surface area (Å²) in [7, 11) is 0. The first-order chi connectivity index (χ1) is 5.91. The zero-order valence-corrected chi connectivity index (χ0v) is 7.48. The molecule has 0 saturated carbocycles. The van der Waals surface area contributed by atoms with Gasteiger partial charge >= 0.3 is 5.97 Å². The van der Waals surface area contributed by atoms with E-state index in [1.165, 1.54) is 18.3 Å². The minimum atomic E-state index is -1.11. The highest BCUT2D eigenvalue weighted by Crippen LogP contribution is 2.17. The van der Waals surface area contributed by atoms with E-state index in [9.17, 15) is 9.90 Å². The first-order valence-electron chi connectivity index (χ1n) is 3.83. The van der Waals surface area contributed by atoms with Gasteiger partial charge in [-0.15, -0.1) is 0 Å². The van der Waals surface area contributed by atoms with E-state index in [1.54, 1.807) is 13.8 Å². The largest absolute Gasteiger partial charge is 0.478 e. The molecular formula is C9H11NO3. The summed E-state index contributed by atoms with van der Waals surface area (Å²) < 4.78 is 0. The van der Waals surface area contributed by atoms with Crippen LogP contribution >= 0.6 is 0 Å². The van der Waals surface area contributed by atoms with Crippen LogP contribution in [0.25, 0.3) is 0 Å². The maximum absolute atomic E-state index is 10.6. The molecule has 0 saturated heterocycles. The smallest absolute Gasteiger partial charge is 0.335 e. The maximum atomic E-state index is 10.6. The minimum Gasteiger partial charge on any atom is -0.478 e. The van der Waals surface area contributed by atoms with Crippen molar-refractivity contribution in [1.29, 1.82) is 0 Å². The Kier molecular flexibility index (Phi) is 2.34. The van der Waals surface area contributed by atoms with E-state index in [1.807, 2.05) is 0 Å². The quantitative estimate of drug-likeness (QED) is 0.714. The van der Waals surface area contributed by atoms with Crippen LogP contribution in [0.1, 0.15) is 29.9 Å². The molecule has 0 aromatic carbocycles. The minimum absolute atomic E-state index is 0.132. The van der Waals surface area contributed by atoms with Gasteiger partial charge in [-0.2, -0.15) is 0 Å². The van der Waals surface area contributed by atoms with E-state index in [4.69, 9.17) is 5.11 Å². The lowest BCUT2D eigenvalue weighted by molar-refractivity contribution is 0.0687. The topological polar surface area (TPSA) is 70.4 Å². The second-order valence-corrected chi connectivity index (χ2v) is 3.29. The standard InChI is InChI=1S/C9H11NO3/c1-9(2,13)7-5-6(8(11)12)3-4-10-7/h3-5,13H,1-2H3,(H,11,12). The molecule has 0 fully saturated rings. The number of hydrogen-bond donors (Lipinski definition) is 2. The van der Waals surface area contributed by atoms with Crippen LogP contribution in [0.2, 0.25) is 0 Å². The van der Waals surface area contributed by atoms with Crippen molar-refractivity contribution in [3.05, 3.63) is 29.6 Å². The predicted octanol–water partition coefficient (Wildman–Crippen LogP) is 1.01. The fourth-order valence-electron chi connectivity index (χ4n) is 0.898. The molecule has 0 aliphatic heterocycles. The SMILES string of the molecule is CC(C)(O)c1cc(C(=O)O)ccn1. The summed E-state index contributed by atoms with van der Waals surface area (Å²) >= 11 is 0. The highest BCUT2D eigenvalue weighted by Gasteiger charge is 2.18. The van der Waals surface area contributed by atoms with Gasteiger partial charge in [0.2, 0.25) is 0 Å². The van der Waals surface area contributed by atoms with E-state index in [2.05, 4.69) is 4.98 Å². The fourth-order valence-corrected chi connectivity index (χ4v) is 0.898. The molecule has 0 amide bonds. The number of carbonyl (C=O) groups is 1. The summed E-state index contributed by atoms with van der Waals surface area (Å²) in [6.45, 7) is 3.11. The third-order valence-corrected chi connectivity index (χ3v) is 1.63. The lowest BCUT2D eigenvalue weighted by Gasteiger charge is -2.16. The molecule has 2 N–H and O–H groups in total. The number of aromatic carboxylic acids is 1. The third-order valence-electron chi connectivity index (χ3n) is 1.63. The zero-order valence-electron chi connectivity index (χ0n) is 7.48. The number of pyridine rings is 1. The summed E-state index contributed by atoms with van der Waals surface area (Å²) in [6, 6.07) is 2.75. The lowest BCUT2D eigenvalue weighted by atomic mass is 10.0. The van der Waals surface area contributed by atoms with Crippen molar-refractivity contribution in [2.75, 3.05) is 0 Å². The van der Waals surface area contributed by atoms with Crippen molar-refractivity contribution in [3.8, 4) is 0 Å². The molecule has 0 atom stereocenters. The van der Waals surface area contributed by atoms with Crippen LogP contribution in [-0.2, 0) is 5.60 Å². The molecule has 70 valence electrons. The van der Waals surface area contributed by atoms with Crippen LogP contribution < -0.4 is 0 Å². The average molecular weight is 181 g/mol. The fraction of sp³-hybridized carbons (Fsp3) is 0.333. The van der Waals surface area contributed by atoms with E-state index in [0.29, 0.717) is 5.69 Å². The van der Waals surface area contributed by atoms with Gasteiger partial charge in [0.15, 0.2) is 0 Å². The first-order valence-corrected chi connectivity index (χ1v) is 3.83. The highest BCUT2D eigenvalue weighted by molar-refractivity contribution is 5.87. The molecule has 1 rings (SSSR count). The van der Waals surface area contributed by atoms with Gasteiger partial charge in [0.05, 0.1) is 11.3 Å². The highest BCUT2D eigenvalue weighted by atomic mass is 16.4. The number of aliphatic hydroxyl groups is 1. The number of rotatable bonds is 2. The van der Waals surface area contributed by atoms with Crippen LogP contribution in [0.5, 0.6) is 0 Å². The molecule has 0 unspecified atom stereocenters. The second-order valence-electron chi connectivity index (χ2n) is 3.29. The lowest BCUT2D eigenvalue weighted by Crippen LogP contribution is -2.18. The molecule has 4 heteroatoms.